The van der Waals surface area contributed by atoms with Crippen LogP contribution < -0.4 is 5.32 Å². The maximum Gasteiger partial charge on any atom is 0.325 e. The predicted octanol–water partition coefficient (Wildman–Crippen LogP) is 3.72. The summed E-state index contributed by atoms with van der Waals surface area (Å²) in [7, 11) is 0. The number of hydrogen-bond acceptors (Lipinski definition) is 3. The number of imide groups is 1. The van der Waals surface area contributed by atoms with Crippen molar-refractivity contribution in [3.05, 3.63) is 69.7 Å². The molecule has 2 saturated heterocycles. The summed E-state index contributed by atoms with van der Waals surface area (Å²) in [6, 6.07) is 13.4. The fraction of sp³-hybridized carbons (Fsp3) is 0.286. The van der Waals surface area contributed by atoms with E-state index in [0.29, 0.717) is 35.0 Å². The SMILES string of the molecule is O=C(c1ccccc1Cl)N1CCC[C@]2(C1)NC(=O)N(Cc1cccc(Cl)c1)C2=O. The Morgan fingerprint density at radius 1 is 1.10 bits per heavy atom. The van der Waals surface area contributed by atoms with Crippen molar-refractivity contribution in [2.75, 3.05) is 13.1 Å². The normalized spacial score (nSPS) is 21.6. The first kappa shape index (κ1) is 19.7. The molecular formula is C21H19Cl2N3O3. The molecule has 0 radical (unpaired) electrons. The van der Waals surface area contributed by atoms with Gasteiger partial charge in [0.05, 0.1) is 23.7 Å². The summed E-state index contributed by atoms with van der Waals surface area (Å²) in [5, 5.41) is 3.74. The second-order valence-electron chi connectivity index (χ2n) is 7.34. The molecule has 2 aliphatic heterocycles. The maximum absolute atomic E-state index is 13.2. The molecule has 2 aromatic rings. The van der Waals surface area contributed by atoms with E-state index in [4.69, 9.17) is 23.2 Å². The van der Waals surface area contributed by atoms with Gasteiger partial charge in [-0.05, 0) is 42.7 Å². The van der Waals surface area contributed by atoms with Crippen LogP contribution >= 0.6 is 23.2 Å². The number of benzene rings is 2. The number of hydrogen-bond donors (Lipinski definition) is 1. The number of rotatable bonds is 3. The summed E-state index contributed by atoms with van der Waals surface area (Å²) in [4.78, 5) is 41.5. The molecule has 2 heterocycles. The minimum atomic E-state index is -1.11. The van der Waals surface area contributed by atoms with Crippen LogP contribution in [0.1, 0.15) is 28.8 Å². The number of urea groups is 1. The lowest BCUT2D eigenvalue weighted by Gasteiger charge is -2.38. The van der Waals surface area contributed by atoms with Gasteiger partial charge in [-0.25, -0.2) is 4.79 Å². The van der Waals surface area contributed by atoms with E-state index in [1.54, 1.807) is 47.4 Å². The van der Waals surface area contributed by atoms with Crippen molar-refractivity contribution in [2.24, 2.45) is 0 Å². The number of carbonyl (C=O) groups excluding carboxylic acids is 3. The third kappa shape index (κ3) is 3.70. The molecule has 150 valence electrons. The summed E-state index contributed by atoms with van der Waals surface area (Å²) in [6.45, 7) is 0.752. The highest BCUT2D eigenvalue weighted by Gasteiger charge is 2.53. The Bertz CT molecular complexity index is 997. The summed E-state index contributed by atoms with van der Waals surface area (Å²) in [5.74, 6) is -0.566. The van der Waals surface area contributed by atoms with Crippen molar-refractivity contribution in [3.63, 3.8) is 0 Å². The molecule has 0 aromatic heterocycles. The lowest BCUT2D eigenvalue weighted by Crippen LogP contribution is -2.59. The Balaban J connectivity index is 1.55. The first-order chi connectivity index (χ1) is 13.9. The molecule has 2 aromatic carbocycles. The number of halogens is 2. The number of amides is 4. The molecule has 1 atom stereocenters. The summed E-state index contributed by atoms with van der Waals surface area (Å²) >= 11 is 12.2. The van der Waals surface area contributed by atoms with Gasteiger partial charge in [-0.1, -0.05) is 47.5 Å². The second kappa shape index (κ2) is 7.69. The van der Waals surface area contributed by atoms with Gasteiger partial charge in [0.2, 0.25) is 0 Å². The number of nitrogens with one attached hydrogen (secondary N) is 1. The van der Waals surface area contributed by atoms with Gasteiger partial charge in [-0.3, -0.25) is 14.5 Å². The van der Waals surface area contributed by atoms with Gasteiger partial charge in [0, 0.05) is 11.6 Å². The van der Waals surface area contributed by atoms with Crippen LogP contribution in [-0.2, 0) is 11.3 Å². The Labute approximate surface area is 178 Å². The standard InChI is InChI=1S/C21H19Cl2N3O3/c22-15-6-3-5-14(11-15)12-26-19(28)21(24-20(26)29)9-4-10-25(13-21)18(27)16-7-1-2-8-17(16)23/h1-3,5-8,11H,4,9-10,12-13H2,(H,24,29)/t21-/m1/s1. The van der Waals surface area contributed by atoms with Gasteiger partial charge in [-0.2, -0.15) is 0 Å². The van der Waals surface area contributed by atoms with Gasteiger partial charge in [0.1, 0.15) is 5.54 Å². The van der Waals surface area contributed by atoms with Crippen LogP contribution in [0.4, 0.5) is 4.79 Å². The highest BCUT2D eigenvalue weighted by molar-refractivity contribution is 6.33. The van der Waals surface area contributed by atoms with E-state index in [0.717, 1.165) is 5.56 Å². The van der Waals surface area contributed by atoms with Crippen molar-refractivity contribution < 1.29 is 14.4 Å². The van der Waals surface area contributed by atoms with E-state index in [-0.39, 0.29) is 24.9 Å². The molecule has 0 bridgehead atoms. The van der Waals surface area contributed by atoms with E-state index in [9.17, 15) is 14.4 Å². The highest BCUT2D eigenvalue weighted by atomic mass is 35.5. The zero-order chi connectivity index (χ0) is 20.6. The van der Waals surface area contributed by atoms with Crippen LogP contribution in [0.3, 0.4) is 0 Å². The molecule has 4 rings (SSSR count). The van der Waals surface area contributed by atoms with Crippen molar-refractivity contribution in [1.82, 2.24) is 15.1 Å². The Kier molecular flexibility index (Phi) is 5.23. The molecule has 2 fully saturated rings. The summed E-state index contributed by atoms with van der Waals surface area (Å²) in [5.41, 5.74) is 0.0433. The number of likely N-dealkylation sites (tertiary alicyclic amines) is 1. The minimum absolute atomic E-state index is 0.119. The largest absolute Gasteiger partial charge is 0.336 e. The lowest BCUT2D eigenvalue weighted by atomic mass is 9.88. The number of piperidine rings is 1. The third-order valence-corrected chi connectivity index (χ3v) is 5.92. The fourth-order valence-electron chi connectivity index (χ4n) is 3.95. The molecule has 0 saturated carbocycles. The van der Waals surface area contributed by atoms with Gasteiger partial charge in [-0.15, -0.1) is 0 Å². The highest BCUT2D eigenvalue weighted by Crippen LogP contribution is 2.31. The number of nitrogens with zero attached hydrogens (tertiary/aromatic N) is 2. The molecule has 6 nitrogen and oxygen atoms in total. The smallest absolute Gasteiger partial charge is 0.325 e. The molecule has 2 aliphatic rings. The van der Waals surface area contributed by atoms with Crippen molar-refractivity contribution in [1.29, 1.82) is 0 Å². The summed E-state index contributed by atoms with van der Waals surface area (Å²) < 4.78 is 0. The maximum atomic E-state index is 13.2. The minimum Gasteiger partial charge on any atom is -0.336 e. The Morgan fingerprint density at radius 3 is 2.66 bits per heavy atom. The van der Waals surface area contributed by atoms with Crippen molar-refractivity contribution in [2.45, 2.75) is 24.9 Å². The van der Waals surface area contributed by atoms with E-state index in [1.165, 1.54) is 4.90 Å². The van der Waals surface area contributed by atoms with Gasteiger partial charge in [0.15, 0.2) is 0 Å². The van der Waals surface area contributed by atoms with Gasteiger partial charge < -0.3 is 10.2 Å². The van der Waals surface area contributed by atoms with E-state index >= 15 is 0 Å². The Morgan fingerprint density at radius 2 is 1.90 bits per heavy atom. The van der Waals surface area contributed by atoms with E-state index < -0.39 is 11.6 Å². The Hall–Kier alpha value is -2.57. The average molecular weight is 432 g/mol. The summed E-state index contributed by atoms with van der Waals surface area (Å²) in [6.07, 6.45) is 1.09. The molecular weight excluding hydrogens is 413 g/mol. The van der Waals surface area contributed by atoms with Crippen LogP contribution in [-0.4, -0.2) is 46.3 Å². The van der Waals surface area contributed by atoms with Crippen LogP contribution in [0.15, 0.2) is 48.5 Å². The zero-order valence-electron chi connectivity index (χ0n) is 15.5. The molecule has 4 amide bonds. The van der Waals surface area contributed by atoms with Crippen LogP contribution in [0.25, 0.3) is 0 Å². The zero-order valence-corrected chi connectivity index (χ0v) is 17.0. The van der Waals surface area contributed by atoms with Gasteiger partial charge in [0.25, 0.3) is 11.8 Å². The first-order valence-electron chi connectivity index (χ1n) is 9.32. The molecule has 0 aliphatic carbocycles. The second-order valence-corrected chi connectivity index (χ2v) is 8.19. The van der Waals surface area contributed by atoms with Crippen molar-refractivity contribution >= 4 is 41.0 Å². The first-order valence-corrected chi connectivity index (χ1v) is 10.1. The molecule has 8 heteroatoms. The topological polar surface area (TPSA) is 69.7 Å². The molecule has 1 spiro atoms. The van der Waals surface area contributed by atoms with Crippen molar-refractivity contribution in [3.8, 4) is 0 Å². The fourth-order valence-corrected chi connectivity index (χ4v) is 4.38. The van der Waals surface area contributed by atoms with Crippen LogP contribution in [0.5, 0.6) is 0 Å². The van der Waals surface area contributed by atoms with Crippen LogP contribution in [0.2, 0.25) is 10.0 Å². The van der Waals surface area contributed by atoms with E-state index in [2.05, 4.69) is 5.32 Å². The predicted molar refractivity (Wildman–Crippen MR) is 110 cm³/mol. The molecule has 29 heavy (non-hydrogen) atoms. The quantitative estimate of drug-likeness (QED) is 0.752. The average Bonchev–Trinajstić information content (AvgIpc) is 2.92. The van der Waals surface area contributed by atoms with Gasteiger partial charge >= 0.3 is 6.03 Å². The number of carbonyl (C=O) groups is 3. The van der Waals surface area contributed by atoms with Crippen LogP contribution in [0, 0.1) is 0 Å². The lowest BCUT2D eigenvalue weighted by molar-refractivity contribution is -0.133. The molecule has 1 N–H and O–H groups in total. The monoisotopic (exact) mass is 431 g/mol. The molecule has 0 unspecified atom stereocenters. The third-order valence-electron chi connectivity index (χ3n) is 5.36. The van der Waals surface area contributed by atoms with E-state index in [1.807, 2.05) is 6.07 Å².